The number of carboxylic acid groups (broad SMARTS) is 1. The van der Waals surface area contributed by atoms with Crippen LogP contribution < -0.4 is 16.0 Å². The number of fused-ring (bicyclic) bond motifs is 1. The van der Waals surface area contributed by atoms with E-state index in [0.717, 1.165) is 35.9 Å². The molecule has 8 heteroatoms. The number of hydrogen-bond donors (Lipinski definition) is 5. The molecule has 1 aliphatic heterocycles. The molecule has 3 rings (SSSR count). The molecule has 138 valence electrons. The molecule has 26 heavy (non-hydrogen) atoms. The van der Waals surface area contributed by atoms with E-state index in [4.69, 9.17) is 0 Å². The van der Waals surface area contributed by atoms with Crippen LogP contribution in [0.1, 0.15) is 18.4 Å². The van der Waals surface area contributed by atoms with Gasteiger partial charge in [-0.05, 0) is 31.0 Å². The molecule has 2 aromatic rings. The van der Waals surface area contributed by atoms with E-state index in [0.29, 0.717) is 0 Å². The van der Waals surface area contributed by atoms with Crippen molar-refractivity contribution in [3.05, 3.63) is 36.0 Å². The minimum atomic E-state index is -1.12. The Balaban J connectivity index is 1.57. The lowest BCUT2D eigenvalue weighted by molar-refractivity contribution is -0.141. The molecule has 0 radical (unpaired) electrons. The molecule has 1 aromatic heterocycles. The molecule has 1 aromatic carbocycles. The monoisotopic (exact) mass is 358 g/mol. The molecule has 8 nitrogen and oxygen atoms in total. The highest BCUT2D eigenvalue weighted by molar-refractivity contribution is 5.90. The normalized spacial score (nSPS) is 17.8. The van der Waals surface area contributed by atoms with Gasteiger partial charge in [-0.25, -0.2) is 4.79 Å². The largest absolute Gasteiger partial charge is 0.480 e. The highest BCUT2D eigenvalue weighted by Crippen LogP contribution is 2.19. The molecule has 1 saturated heterocycles. The second-order valence-electron chi connectivity index (χ2n) is 6.39. The number of aromatic amines is 1. The number of nitrogens with one attached hydrogen (secondary N) is 4. The van der Waals surface area contributed by atoms with E-state index in [2.05, 4.69) is 20.9 Å². The maximum Gasteiger partial charge on any atom is 0.326 e. The van der Waals surface area contributed by atoms with Crippen LogP contribution in [-0.2, 0) is 20.8 Å². The van der Waals surface area contributed by atoms with Gasteiger partial charge in [0.2, 0.25) is 11.8 Å². The lowest BCUT2D eigenvalue weighted by atomic mass is 10.0. The SMILES string of the molecule is O=C(CNC(=O)[C@@H]1CCCN1)N[C@@H](Cc1c[nH]c2ccccc12)C(=O)O. The average molecular weight is 358 g/mol. The van der Waals surface area contributed by atoms with E-state index in [1.807, 2.05) is 24.3 Å². The Morgan fingerprint density at radius 1 is 1.27 bits per heavy atom. The van der Waals surface area contributed by atoms with Crippen molar-refractivity contribution in [2.24, 2.45) is 0 Å². The number of rotatable bonds is 7. The summed E-state index contributed by atoms with van der Waals surface area (Å²) in [5, 5.41) is 18.4. The highest BCUT2D eigenvalue weighted by Gasteiger charge is 2.24. The molecule has 0 bridgehead atoms. The maximum absolute atomic E-state index is 12.1. The first-order chi connectivity index (χ1) is 12.5. The van der Waals surface area contributed by atoms with Crippen molar-refractivity contribution in [3.63, 3.8) is 0 Å². The number of aromatic nitrogens is 1. The molecule has 0 saturated carbocycles. The molecule has 0 aliphatic carbocycles. The Morgan fingerprint density at radius 2 is 2.08 bits per heavy atom. The van der Waals surface area contributed by atoms with E-state index >= 15 is 0 Å². The highest BCUT2D eigenvalue weighted by atomic mass is 16.4. The quantitative estimate of drug-likeness (QED) is 0.482. The fourth-order valence-electron chi connectivity index (χ4n) is 3.16. The van der Waals surface area contributed by atoms with Crippen LogP contribution in [0.3, 0.4) is 0 Å². The number of hydrogen-bond acceptors (Lipinski definition) is 4. The zero-order valence-electron chi connectivity index (χ0n) is 14.2. The lowest BCUT2D eigenvalue weighted by Crippen LogP contribution is -2.49. The van der Waals surface area contributed by atoms with Crippen LogP contribution in [0.25, 0.3) is 10.9 Å². The summed E-state index contributed by atoms with van der Waals surface area (Å²) >= 11 is 0. The number of carboxylic acids is 1. The molecule has 2 heterocycles. The number of H-pyrrole nitrogens is 1. The van der Waals surface area contributed by atoms with Crippen molar-refractivity contribution in [2.75, 3.05) is 13.1 Å². The minimum absolute atomic E-state index is 0.156. The number of aliphatic carboxylic acids is 1. The van der Waals surface area contributed by atoms with E-state index < -0.39 is 17.9 Å². The number of carbonyl (C=O) groups excluding carboxylic acids is 2. The van der Waals surface area contributed by atoms with E-state index in [1.165, 1.54) is 0 Å². The van der Waals surface area contributed by atoms with E-state index in [1.54, 1.807) is 6.20 Å². The zero-order valence-corrected chi connectivity index (χ0v) is 14.2. The van der Waals surface area contributed by atoms with Crippen LogP contribution in [0.5, 0.6) is 0 Å². The van der Waals surface area contributed by atoms with Crippen molar-refractivity contribution < 1.29 is 19.5 Å². The third kappa shape index (κ3) is 4.20. The smallest absolute Gasteiger partial charge is 0.326 e. The summed E-state index contributed by atoms with van der Waals surface area (Å²) < 4.78 is 0. The second kappa shape index (κ2) is 8.01. The number of benzene rings is 1. The molecular formula is C18H22N4O4. The van der Waals surface area contributed by atoms with Gasteiger partial charge in [-0.3, -0.25) is 9.59 Å². The Kier molecular flexibility index (Phi) is 5.52. The molecule has 1 aliphatic rings. The second-order valence-corrected chi connectivity index (χ2v) is 6.39. The Hall–Kier alpha value is -2.87. The molecule has 5 N–H and O–H groups in total. The summed E-state index contributed by atoms with van der Waals surface area (Å²) in [7, 11) is 0. The summed E-state index contributed by atoms with van der Waals surface area (Å²) in [5.41, 5.74) is 1.72. The first-order valence-electron chi connectivity index (χ1n) is 8.63. The van der Waals surface area contributed by atoms with Gasteiger partial charge in [-0.1, -0.05) is 18.2 Å². The Labute approximate surface area is 150 Å². The van der Waals surface area contributed by atoms with Gasteiger partial charge in [-0.15, -0.1) is 0 Å². The van der Waals surface area contributed by atoms with Crippen molar-refractivity contribution in [1.82, 2.24) is 20.9 Å². The van der Waals surface area contributed by atoms with E-state index in [-0.39, 0.29) is 24.9 Å². The molecule has 2 amide bonds. The fourth-order valence-corrected chi connectivity index (χ4v) is 3.16. The lowest BCUT2D eigenvalue weighted by Gasteiger charge is -2.15. The maximum atomic E-state index is 12.1. The van der Waals surface area contributed by atoms with Crippen LogP contribution in [0.2, 0.25) is 0 Å². The third-order valence-electron chi connectivity index (χ3n) is 4.53. The summed E-state index contributed by atoms with van der Waals surface area (Å²) in [6, 6.07) is 6.23. The summed E-state index contributed by atoms with van der Waals surface area (Å²) in [4.78, 5) is 38.6. The van der Waals surface area contributed by atoms with Crippen LogP contribution in [0, 0.1) is 0 Å². The summed E-state index contributed by atoms with van der Waals surface area (Å²) in [6.45, 7) is 0.546. The molecule has 0 unspecified atom stereocenters. The van der Waals surface area contributed by atoms with Gasteiger partial charge in [0.15, 0.2) is 0 Å². The predicted octanol–water partition coefficient (Wildman–Crippen LogP) is 0.148. The van der Waals surface area contributed by atoms with Crippen LogP contribution in [0.15, 0.2) is 30.5 Å². The van der Waals surface area contributed by atoms with Gasteiger partial charge in [0, 0.05) is 23.5 Å². The summed E-state index contributed by atoms with van der Waals surface area (Å²) in [6.07, 6.45) is 3.57. The van der Waals surface area contributed by atoms with Crippen LogP contribution in [0.4, 0.5) is 0 Å². The van der Waals surface area contributed by atoms with E-state index in [9.17, 15) is 19.5 Å². The Bertz CT molecular complexity index is 810. The van der Waals surface area contributed by atoms with Gasteiger partial charge in [-0.2, -0.15) is 0 Å². The molecule has 1 fully saturated rings. The van der Waals surface area contributed by atoms with Gasteiger partial charge >= 0.3 is 5.97 Å². The number of amides is 2. The van der Waals surface area contributed by atoms with Gasteiger partial charge in [0.1, 0.15) is 6.04 Å². The van der Waals surface area contributed by atoms with Crippen LogP contribution >= 0.6 is 0 Å². The van der Waals surface area contributed by atoms with Crippen molar-refractivity contribution in [3.8, 4) is 0 Å². The molecule has 2 atom stereocenters. The van der Waals surface area contributed by atoms with Crippen molar-refractivity contribution in [2.45, 2.75) is 31.3 Å². The van der Waals surface area contributed by atoms with Gasteiger partial charge < -0.3 is 26.0 Å². The molecule has 0 spiro atoms. The van der Waals surface area contributed by atoms with Crippen molar-refractivity contribution in [1.29, 1.82) is 0 Å². The zero-order chi connectivity index (χ0) is 18.5. The number of para-hydroxylation sites is 1. The Morgan fingerprint density at radius 3 is 2.81 bits per heavy atom. The topological polar surface area (TPSA) is 123 Å². The first-order valence-corrected chi connectivity index (χ1v) is 8.63. The number of carbonyl (C=O) groups is 3. The predicted molar refractivity (Wildman–Crippen MR) is 95.6 cm³/mol. The first kappa shape index (κ1) is 17.9. The van der Waals surface area contributed by atoms with Gasteiger partial charge in [0.05, 0.1) is 12.6 Å². The standard InChI is InChI=1S/C18H22N4O4/c23-16(10-21-17(24)14-6-3-7-19-14)22-15(18(25)26)8-11-9-20-13-5-2-1-4-12(11)13/h1-2,4-5,9,14-15,19-20H,3,6-8,10H2,(H,21,24)(H,22,23)(H,25,26)/t14-,15-/m0/s1. The van der Waals surface area contributed by atoms with Gasteiger partial charge in [0.25, 0.3) is 0 Å². The minimum Gasteiger partial charge on any atom is -0.480 e. The van der Waals surface area contributed by atoms with Crippen LogP contribution in [-0.4, -0.2) is 53.0 Å². The average Bonchev–Trinajstić information content (AvgIpc) is 3.29. The van der Waals surface area contributed by atoms with Crippen molar-refractivity contribution >= 4 is 28.7 Å². The molecular weight excluding hydrogens is 336 g/mol. The fraction of sp³-hybridized carbons (Fsp3) is 0.389. The summed E-state index contributed by atoms with van der Waals surface area (Å²) in [5.74, 6) is -1.88. The third-order valence-corrected chi connectivity index (χ3v) is 4.53.